The fourth-order valence-corrected chi connectivity index (χ4v) is 2.52. The van der Waals surface area contributed by atoms with Gasteiger partial charge in [-0.2, -0.15) is 0 Å². The van der Waals surface area contributed by atoms with Gasteiger partial charge in [0.05, 0.1) is 0 Å². The van der Waals surface area contributed by atoms with Gasteiger partial charge in [-0.1, -0.05) is 6.42 Å². The highest BCUT2D eigenvalue weighted by Crippen LogP contribution is 2.08. The van der Waals surface area contributed by atoms with Crippen molar-refractivity contribution in [2.45, 2.75) is 38.6 Å². The van der Waals surface area contributed by atoms with Crippen molar-refractivity contribution in [3.05, 3.63) is 36.5 Å². The molecule has 0 spiro atoms. The summed E-state index contributed by atoms with van der Waals surface area (Å²) in [6.07, 6.45) is 12.7. The first-order valence-electron chi connectivity index (χ1n) is 7.59. The molecule has 1 aromatic rings. The van der Waals surface area contributed by atoms with Gasteiger partial charge in [-0.3, -0.25) is 4.98 Å². The van der Waals surface area contributed by atoms with Crippen LogP contribution in [0.15, 0.2) is 24.5 Å². The van der Waals surface area contributed by atoms with Gasteiger partial charge < -0.3 is 10.2 Å². The average Bonchev–Trinajstić information content (AvgIpc) is 2.48. The third-order valence-electron chi connectivity index (χ3n) is 3.71. The Bertz CT molecular complexity index is 320. The molecule has 1 fully saturated rings. The van der Waals surface area contributed by atoms with Crippen LogP contribution < -0.4 is 5.32 Å². The van der Waals surface area contributed by atoms with Crippen molar-refractivity contribution in [1.29, 1.82) is 0 Å². The highest BCUT2D eigenvalue weighted by atomic mass is 15.1. The van der Waals surface area contributed by atoms with E-state index in [4.69, 9.17) is 0 Å². The molecule has 0 amide bonds. The highest BCUT2D eigenvalue weighted by Gasteiger charge is 2.08. The van der Waals surface area contributed by atoms with Gasteiger partial charge in [0, 0.05) is 18.9 Å². The number of rotatable bonds is 8. The van der Waals surface area contributed by atoms with Crippen LogP contribution in [-0.4, -0.2) is 36.1 Å². The summed E-state index contributed by atoms with van der Waals surface area (Å²) in [5.41, 5.74) is 1.32. The van der Waals surface area contributed by atoms with Crippen LogP contribution in [0.4, 0.5) is 0 Å². The van der Waals surface area contributed by atoms with Gasteiger partial charge in [0.1, 0.15) is 0 Å². The normalized spacial score (nSPS) is 16.6. The summed E-state index contributed by atoms with van der Waals surface area (Å²) in [4.78, 5) is 6.63. The Labute approximate surface area is 117 Å². The minimum atomic E-state index is 0.963. The van der Waals surface area contributed by atoms with Crippen LogP contribution in [0.2, 0.25) is 0 Å². The maximum absolute atomic E-state index is 4.02. The fourth-order valence-electron chi connectivity index (χ4n) is 2.52. The van der Waals surface area contributed by atoms with Crippen LogP contribution >= 0.6 is 0 Å². The molecule has 2 rings (SSSR count). The van der Waals surface area contributed by atoms with E-state index in [-0.39, 0.29) is 0 Å². The minimum absolute atomic E-state index is 0.963. The van der Waals surface area contributed by atoms with Crippen molar-refractivity contribution in [3.8, 4) is 0 Å². The molecule has 0 atom stereocenters. The summed E-state index contributed by atoms with van der Waals surface area (Å²) in [6, 6.07) is 4.14. The second kappa shape index (κ2) is 9.05. The van der Waals surface area contributed by atoms with E-state index in [1.807, 2.05) is 12.4 Å². The zero-order valence-corrected chi connectivity index (χ0v) is 11.9. The molecular weight excluding hydrogens is 234 g/mol. The molecular formula is C16H26N3. The largest absolute Gasteiger partial charge is 0.313 e. The van der Waals surface area contributed by atoms with Crippen molar-refractivity contribution >= 4 is 0 Å². The standard InChI is InChI=1S/C16H26N3/c1(4-12-19-13-5-2-6-14-19)3-9-18-15-16-7-10-17-11-8-16/h2,7-8,10-11,18H,1,3-6,9,12-15H2. The number of likely N-dealkylation sites (tertiary alicyclic amines) is 1. The predicted octanol–water partition coefficient (Wildman–Crippen LogP) is 2.64. The maximum Gasteiger partial charge on any atom is 0.0271 e. The number of pyridine rings is 1. The Kier molecular flexibility index (Phi) is 6.90. The summed E-state index contributed by atoms with van der Waals surface area (Å²) in [6.45, 7) is 5.93. The Morgan fingerprint density at radius 2 is 1.84 bits per heavy atom. The number of nitrogens with one attached hydrogen (secondary N) is 1. The van der Waals surface area contributed by atoms with Gasteiger partial charge in [0.25, 0.3) is 0 Å². The lowest BCUT2D eigenvalue weighted by molar-refractivity contribution is 0.248. The third-order valence-corrected chi connectivity index (χ3v) is 3.71. The van der Waals surface area contributed by atoms with Crippen LogP contribution in [0.25, 0.3) is 0 Å². The van der Waals surface area contributed by atoms with Gasteiger partial charge >= 0.3 is 0 Å². The molecule has 1 saturated heterocycles. The van der Waals surface area contributed by atoms with Crippen LogP contribution in [0.1, 0.15) is 37.7 Å². The summed E-state index contributed by atoms with van der Waals surface area (Å²) < 4.78 is 0. The Balaban J connectivity index is 1.42. The van der Waals surface area contributed by atoms with E-state index in [9.17, 15) is 0 Å². The van der Waals surface area contributed by atoms with Crippen molar-refractivity contribution in [2.75, 3.05) is 26.2 Å². The number of aromatic nitrogens is 1. The second-order valence-electron chi connectivity index (χ2n) is 5.30. The molecule has 1 N–H and O–H groups in total. The van der Waals surface area contributed by atoms with E-state index in [1.165, 1.54) is 57.3 Å². The third kappa shape index (κ3) is 6.17. The molecule has 1 aliphatic rings. The molecule has 0 aliphatic carbocycles. The lowest BCUT2D eigenvalue weighted by Crippen LogP contribution is -2.30. The van der Waals surface area contributed by atoms with Gasteiger partial charge in [-0.25, -0.2) is 0 Å². The van der Waals surface area contributed by atoms with Crippen LogP contribution in [-0.2, 0) is 6.54 Å². The van der Waals surface area contributed by atoms with E-state index in [2.05, 4.69) is 33.8 Å². The molecule has 1 aromatic heterocycles. The zero-order valence-electron chi connectivity index (χ0n) is 11.9. The molecule has 3 heteroatoms. The van der Waals surface area contributed by atoms with Crippen LogP contribution in [0.5, 0.6) is 0 Å². The molecule has 105 valence electrons. The van der Waals surface area contributed by atoms with Crippen LogP contribution in [0.3, 0.4) is 0 Å². The summed E-state index contributed by atoms with van der Waals surface area (Å²) in [5.74, 6) is 0. The number of piperidine rings is 1. The second-order valence-corrected chi connectivity index (χ2v) is 5.30. The first kappa shape index (κ1) is 14.5. The molecule has 2 heterocycles. The first-order chi connectivity index (χ1) is 9.45. The molecule has 0 saturated carbocycles. The highest BCUT2D eigenvalue weighted by molar-refractivity contribution is 5.08. The van der Waals surface area contributed by atoms with Gasteiger partial charge in [0.15, 0.2) is 0 Å². The Morgan fingerprint density at radius 3 is 2.63 bits per heavy atom. The first-order valence-corrected chi connectivity index (χ1v) is 7.59. The molecule has 1 radical (unpaired) electrons. The molecule has 3 nitrogen and oxygen atoms in total. The number of hydrogen-bond donors (Lipinski definition) is 1. The van der Waals surface area contributed by atoms with Gasteiger partial charge in [-0.15, -0.1) is 0 Å². The monoisotopic (exact) mass is 260 g/mol. The number of unbranched alkanes of at least 4 members (excludes halogenated alkanes) is 2. The number of nitrogens with zero attached hydrogens (tertiary/aromatic N) is 2. The van der Waals surface area contributed by atoms with Gasteiger partial charge in [0.2, 0.25) is 0 Å². The maximum atomic E-state index is 4.02. The Morgan fingerprint density at radius 1 is 1.05 bits per heavy atom. The summed E-state index contributed by atoms with van der Waals surface area (Å²) in [5, 5.41) is 3.49. The minimum Gasteiger partial charge on any atom is -0.313 e. The SMILES string of the molecule is [CH]1CCN(CCCCCNCc2ccncc2)CC1. The van der Waals surface area contributed by atoms with Crippen molar-refractivity contribution in [2.24, 2.45) is 0 Å². The average molecular weight is 260 g/mol. The lowest BCUT2D eigenvalue weighted by Gasteiger charge is -2.26. The molecule has 0 bridgehead atoms. The van der Waals surface area contributed by atoms with Crippen molar-refractivity contribution in [3.63, 3.8) is 0 Å². The summed E-state index contributed by atoms with van der Waals surface area (Å²) in [7, 11) is 0. The van der Waals surface area contributed by atoms with Gasteiger partial charge in [-0.05, 0) is 76.0 Å². The molecule has 0 aromatic carbocycles. The zero-order chi connectivity index (χ0) is 13.2. The van der Waals surface area contributed by atoms with Crippen molar-refractivity contribution < 1.29 is 0 Å². The quantitative estimate of drug-likeness (QED) is 0.728. The Hall–Kier alpha value is -0.930. The molecule has 19 heavy (non-hydrogen) atoms. The van der Waals surface area contributed by atoms with Crippen LogP contribution in [0, 0.1) is 6.42 Å². The predicted molar refractivity (Wildman–Crippen MR) is 79.8 cm³/mol. The molecule has 0 unspecified atom stereocenters. The summed E-state index contributed by atoms with van der Waals surface area (Å²) >= 11 is 0. The fraction of sp³-hybridized carbons (Fsp3) is 0.625. The lowest BCUT2D eigenvalue weighted by atomic mass is 10.1. The van der Waals surface area contributed by atoms with Crippen molar-refractivity contribution in [1.82, 2.24) is 15.2 Å². The van der Waals surface area contributed by atoms with E-state index in [0.29, 0.717) is 0 Å². The van der Waals surface area contributed by atoms with E-state index < -0.39 is 0 Å². The smallest absolute Gasteiger partial charge is 0.0271 e. The number of hydrogen-bond acceptors (Lipinski definition) is 3. The van der Waals surface area contributed by atoms with E-state index in [0.717, 1.165) is 13.1 Å². The molecule has 1 aliphatic heterocycles. The topological polar surface area (TPSA) is 28.2 Å². The van der Waals surface area contributed by atoms with E-state index >= 15 is 0 Å². The van der Waals surface area contributed by atoms with E-state index in [1.54, 1.807) is 0 Å².